The largest absolute Gasteiger partial charge is 0.460 e. The van der Waals surface area contributed by atoms with Crippen molar-refractivity contribution in [2.24, 2.45) is 17.8 Å². The number of rotatable bonds is 5. The van der Waals surface area contributed by atoms with Gasteiger partial charge in [-0.1, -0.05) is 44.9 Å². The molecule has 138 valence electrons. The van der Waals surface area contributed by atoms with Gasteiger partial charge in [-0.2, -0.15) is 0 Å². The molecule has 1 saturated carbocycles. The number of aryl methyl sites for hydroxylation is 2. The molecule has 0 N–H and O–H groups in total. The van der Waals surface area contributed by atoms with Crippen molar-refractivity contribution >= 4 is 11.9 Å². The van der Waals surface area contributed by atoms with Crippen LogP contribution < -0.4 is 0 Å². The Kier molecular flexibility index (Phi) is 6.63. The highest BCUT2D eigenvalue weighted by atomic mass is 16.6. The van der Waals surface area contributed by atoms with Gasteiger partial charge in [0.15, 0.2) is 6.61 Å². The molecule has 0 radical (unpaired) electrons. The molecule has 0 spiro atoms. The molecule has 0 aromatic heterocycles. The molecule has 4 heteroatoms. The Morgan fingerprint density at radius 3 is 2.60 bits per heavy atom. The second kappa shape index (κ2) is 8.50. The van der Waals surface area contributed by atoms with Crippen LogP contribution in [0.3, 0.4) is 0 Å². The van der Waals surface area contributed by atoms with Crippen molar-refractivity contribution in [2.45, 2.75) is 60.0 Å². The Morgan fingerprint density at radius 1 is 1.20 bits per heavy atom. The van der Waals surface area contributed by atoms with Crippen LogP contribution in [0.1, 0.15) is 61.5 Å². The van der Waals surface area contributed by atoms with Gasteiger partial charge in [-0.25, -0.2) is 9.59 Å². The molecule has 1 aromatic carbocycles. The molecule has 1 aromatic rings. The lowest BCUT2D eigenvalue weighted by atomic mass is 9.75. The molecule has 0 amide bonds. The Bertz CT molecular complexity index is 620. The van der Waals surface area contributed by atoms with Gasteiger partial charge in [0.05, 0.1) is 5.56 Å². The summed E-state index contributed by atoms with van der Waals surface area (Å²) in [6.07, 6.45) is 3.08. The van der Waals surface area contributed by atoms with E-state index in [1.165, 1.54) is 6.42 Å². The fourth-order valence-corrected chi connectivity index (χ4v) is 3.61. The number of benzene rings is 1. The highest BCUT2D eigenvalue weighted by Crippen LogP contribution is 2.35. The molecule has 2 rings (SSSR count). The predicted molar refractivity (Wildman–Crippen MR) is 97.4 cm³/mol. The SMILES string of the molecule is Cc1ccc(C)c(C(=O)OCC(=O)O[C@H]2C[C@H](C)CC[C@H]2C(C)C)c1. The van der Waals surface area contributed by atoms with E-state index in [1.54, 1.807) is 6.07 Å². The zero-order chi connectivity index (χ0) is 18.6. The molecule has 0 bridgehead atoms. The minimum atomic E-state index is -0.476. The minimum absolute atomic E-state index is 0.0735. The third-order valence-electron chi connectivity index (χ3n) is 5.18. The lowest BCUT2D eigenvalue weighted by Gasteiger charge is -2.36. The standard InChI is InChI=1S/C21H30O4/c1-13(2)17-9-7-15(4)11-19(17)25-20(22)12-24-21(23)18-10-14(3)6-8-16(18)5/h6,8,10,13,15,17,19H,7,9,11-12H2,1-5H3/t15-,17+,19+/m1/s1. The summed E-state index contributed by atoms with van der Waals surface area (Å²) in [6.45, 7) is 9.97. The van der Waals surface area contributed by atoms with Gasteiger partial charge in [0.25, 0.3) is 0 Å². The molecule has 4 nitrogen and oxygen atoms in total. The van der Waals surface area contributed by atoms with Crippen molar-refractivity contribution < 1.29 is 19.1 Å². The van der Waals surface area contributed by atoms with Crippen molar-refractivity contribution in [1.82, 2.24) is 0 Å². The first kappa shape index (κ1) is 19.5. The Hall–Kier alpha value is -1.84. The molecule has 3 atom stereocenters. The van der Waals surface area contributed by atoms with E-state index in [4.69, 9.17) is 9.47 Å². The summed E-state index contributed by atoms with van der Waals surface area (Å²) in [5.74, 6) is 0.488. The average molecular weight is 346 g/mol. The van der Waals surface area contributed by atoms with E-state index in [0.29, 0.717) is 23.3 Å². The maximum absolute atomic E-state index is 12.2. The number of hydrogen-bond acceptors (Lipinski definition) is 4. The monoisotopic (exact) mass is 346 g/mol. The lowest BCUT2D eigenvalue weighted by molar-refractivity contribution is -0.159. The number of ether oxygens (including phenoxy) is 2. The number of esters is 2. The minimum Gasteiger partial charge on any atom is -0.460 e. The molecule has 1 aliphatic carbocycles. The number of hydrogen-bond donors (Lipinski definition) is 0. The van der Waals surface area contributed by atoms with Gasteiger partial charge in [-0.05, 0) is 56.1 Å². The van der Waals surface area contributed by atoms with Crippen LogP contribution in [-0.2, 0) is 14.3 Å². The molecular weight excluding hydrogens is 316 g/mol. The van der Waals surface area contributed by atoms with E-state index in [0.717, 1.165) is 24.0 Å². The van der Waals surface area contributed by atoms with E-state index >= 15 is 0 Å². The summed E-state index contributed by atoms with van der Waals surface area (Å²) in [6, 6.07) is 5.60. The van der Waals surface area contributed by atoms with Crippen LogP contribution in [-0.4, -0.2) is 24.6 Å². The zero-order valence-electron chi connectivity index (χ0n) is 16.0. The van der Waals surface area contributed by atoms with Crippen LogP contribution >= 0.6 is 0 Å². The molecule has 0 heterocycles. The quantitative estimate of drug-likeness (QED) is 0.739. The highest BCUT2D eigenvalue weighted by Gasteiger charge is 2.33. The first-order valence-corrected chi connectivity index (χ1v) is 9.21. The van der Waals surface area contributed by atoms with Crippen LogP contribution in [0.15, 0.2) is 18.2 Å². The molecule has 1 fully saturated rings. The summed E-state index contributed by atoms with van der Waals surface area (Å²) in [4.78, 5) is 24.4. The first-order chi connectivity index (χ1) is 11.8. The van der Waals surface area contributed by atoms with Crippen molar-refractivity contribution in [2.75, 3.05) is 6.61 Å². The summed E-state index contributed by atoms with van der Waals surface area (Å²) < 4.78 is 10.8. The third kappa shape index (κ3) is 5.32. The maximum atomic E-state index is 12.2. The third-order valence-corrected chi connectivity index (χ3v) is 5.18. The average Bonchev–Trinajstić information content (AvgIpc) is 2.54. The zero-order valence-corrected chi connectivity index (χ0v) is 16.0. The Labute approximate surface area is 150 Å². The molecule has 0 saturated heterocycles. The fourth-order valence-electron chi connectivity index (χ4n) is 3.61. The topological polar surface area (TPSA) is 52.6 Å². The van der Waals surface area contributed by atoms with E-state index in [-0.39, 0.29) is 12.7 Å². The lowest BCUT2D eigenvalue weighted by Crippen LogP contribution is -2.36. The van der Waals surface area contributed by atoms with Gasteiger partial charge in [0, 0.05) is 0 Å². The van der Waals surface area contributed by atoms with E-state index in [2.05, 4.69) is 20.8 Å². The number of carbonyl (C=O) groups is 2. The smallest absolute Gasteiger partial charge is 0.344 e. The summed E-state index contributed by atoms with van der Waals surface area (Å²) in [5, 5.41) is 0. The van der Waals surface area contributed by atoms with Crippen LogP contribution in [0, 0.1) is 31.6 Å². The predicted octanol–water partition coefficient (Wildman–Crippen LogP) is 4.46. The molecule has 25 heavy (non-hydrogen) atoms. The second-order valence-corrected chi connectivity index (χ2v) is 7.75. The fraction of sp³-hybridized carbons (Fsp3) is 0.619. The van der Waals surface area contributed by atoms with Gasteiger partial charge < -0.3 is 9.47 Å². The van der Waals surface area contributed by atoms with Crippen molar-refractivity contribution in [3.8, 4) is 0 Å². The summed E-state index contributed by atoms with van der Waals surface area (Å²) in [7, 11) is 0. The van der Waals surface area contributed by atoms with Crippen LogP contribution in [0.5, 0.6) is 0 Å². The van der Waals surface area contributed by atoms with Gasteiger partial charge in [-0.15, -0.1) is 0 Å². The molecule has 1 aliphatic rings. The van der Waals surface area contributed by atoms with Gasteiger partial charge in [0.1, 0.15) is 6.10 Å². The van der Waals surface area contributed by atoms with Gasteiger partial charge in [-0.3, -0.25) is 0 Å². The molecule has 0 unspecified atom stereocenters. The second-order valence-electron chi connectivity index (χ2n) is 7.75. The number of carbonyl (C=O) groups excluding carboxylic acids is 2. The van der Waals surface area contributed by atoms with Crippen molar-refractivity contribution in [3.05, 3.63) is 34.9 Å². The van der Waals surface area contributed by atoms with Crippen molar-refractivity contribution in [1.29, 1.82) is 0 Å². The summed E-state index contributed by atoms with van der Waals surface area (Å²) in [5.41, 5.74) is 2.32. The molecular formula is C21H30O4. The first-order valence-electron chi connectivity index (χ1n) is 9.21. The van der Waals surface area contributed by atoms with Crippen LogP contribution in [0.2, 0.25) is 0 Å². The van der Waals surface area contributed by atoms with Crippen molar-refractivity contribution in [3.63, 3.8) is 0 Å². The Balaban J connectivity index is 1.91. The van der Waals surface area contributed by atoms with E-state index in [1.807, 2.05) is 26.0 Å². The normalized spacial score (nSPS) is 23.4. The van der Waals surface area contributed by atoms with Crippen LogP contribution in [0.25, 0.3) is 0 Å². The summed E-state index contributed by atoms with van der Waals surface area (Å²) >= 11 is 0. The van der Waals surface area contributed by atoms with Crippen LogP contribution in [0.4, 0.5) is 0 Å². The molecule has 0 aliphatic heterocycles. The van der Waals surface area contributed by atoms with Gasteiger partial charge >= 0.3 is 11.9 Å². The Morgan fingerprint density at radius 2 is 1.92 bits per heavy atom. The highest BCUT2D eigenvalue weighted by molar-refractivity contribution is 5.92. The van der Waals surface area contributed by atoms with Gasteiger partial charge in [0.2, 0.25) is 0 Å². The maximum Gasteiger partial charge on any atom is 0.344 e. The van der Waals surface area contributed by atoms with E-state index < -0.39 is 11.9 Å². The van der Waals surface area contributed by atoms with E-state index in [9.17, 15) is 9.59 Å².